The number of hydroxylamine groups is 2. The lowest BCUT2D eigenvalue weighted by atomic mass is 10.0. The minimum absolute atomic E-state index is 0.113. The summed E-state index contributed by atoms with van der Waals surface area (Å²) >= 11 is 0. The molecule has 112 valence electrons. The van der Waals surface area contributed by atoms with E-state index < -0.39 is 11.7 Å². The van der Waals surface area contributed by atoms with Crippen LogP contribution in [0, 0.1) is 5.92 Å². The fourth-order valence-electron chi connectivity index (χ4n) is 1.33. The summed E-state index contributed by atoms with van der Waals surface area (Å²) in [7, 11) is 2.96. The SMILES string of the molecule is CON(C)C(=O)CC(NC(=O)OC(C)(C)C)C(C)C. The molecule has 1 N–H and O–H groups in total. The molecule has 1 atom stereocenters. The number of nitrogens with one attached hydrogen (secondary N) is 1. The largest absolute Gasteiger partial charge is 0.444 e. The van der Waals surface area contributed by atoms with Crippen LogP contribution in [-0.2, 0) is 14.4 Å². The van der Waals surface area contributed by atoms with Crippen LogP contribution in [0.25, 0.3) is 0 Å². The predicted molar refractivity (Wildman–Crippen MR) is 72.4 cm³/mol. The van der Waals surface area contributed by atoms with E-state index in [1.807, 2.05) is 13.8 Å². The Bertz CT molecular complexity index is 310. The molecular weight excluding hydrogens is 248 g/mol. The third-order valence-corrected chi connectivity index (χ3v) is 2.53. The number of hydrogen-bond donors (Lipinski definition) is 1. The van der Waals surface area contributed by atoms with E-state index in [4.69, 9.17) is 9.57 Å². The third-order valence-electron chi connectivity index (χ3n) is 2.53. The van der Waals surface area contributed by atoms with Gasteiger partial charge in [0.1, 0.15) is 5.60 Å². The van der Waals surface area contributed by atoms with Gasteiger partial charge in [0.05, 0.1) is 7.11 Å². The Kier molecular flexibility index (Phi) is 6.83. The molecule has 0 aliphatic heterocycles. The van der Waals surface area contributed by atoms with Gasteiger partial charge in [-0.25, -0.2) is 9.86 Å². The molecule has 0 bridgehead atoms. The zero-order chi connectivity index (χ0) is 15.2. The maximum atomic E-state index is 11.8. The van der Waals surface area contributed by atoms with Crippen molar-refractivity contribution in [3.8, 4) is 0 Å². The molecule has 0 aliphatic rings. The Morgan fingerprint density at radius 2 is 1.79 bits per heavy atom. The van der Waals surface area contributed by atoms with Crippen LogP contribution in [0.5, 0.6) is 0 Å². The molecule has 0 saturated carbocycles. The van der Waals surface area contributed by atoms with Gasteiger partial charge in [-0.3, -0.25) is 9.63 Å². The van der Waals surface area contributed by atoms with Crippen molar-refractivity contribution in [2.24, 2.45) is 5.92 Å². The summed E-state index contributed by atoms with van der Waals surface area (Å²) in [6.45, 7) is 9.24. The molecule has 0 saturated heterocycles. The quantitative estimate of drug-likeness (QED) is 0.778. The first-order valence-electron chi connectivity index (χ1n) is 6.37. The van der Waals surface area contributed by atoms with Gasteiger partial charge >= 0.3 is 6.09 Å². The number of hydrogen-bond acceptors (Lipinski definition) is 4. The normalized spacial score (nSPS) is 13.1. The Labute approximate surface area is 115 Å². The molecule has 19 heavy (non-hydrogen) atoms. The number of alkyl carbamates (subject to hydrolysis) is 1. The first-order chi connectivity index (χ1) is 8.56. The van der Waals surface area contributed by atoms with Crippen molar-refractivity contribution in [1.82, 2.24) is 10.4 Å². The molecule has 2 amide bonds. The van der Waals surface area contributed by atoms with E-state index in [-0.39, 0.29) is 24.3 Å². The number of carbonyl (C=O) groups is 2. The monoisotopic (exact) mass is 274 g/mol. The second kappa shape index (κ2) is 7.33. The number of rotatable bonds is 5. The number of ether oxygens (including phenoxy) is 1. The van der Waals surface area contributed by atoms with Crippen molar-refractivity contribution in [3.05, 3.63) is 0 Å². The van der Waals surface area contributed by atoms with Crippen LogP contribution < -0.4 is 5.32 Å². The van der Waals surface area contributed by atoms with E-state index in [9.17, 15) is 9.59 Å². The topological polar surface area (TPSA) is 67.9 Å². The molecule has 0 aliphatic carbocycles. The van der Waals surface area contributed by atoms with E-state index in [1.54, 1.807) is 20.8 Å². The van der Waals surface area contributed by atoms with Crippen molar-refractivity contribution in [2.75, 3.05) is 14.2 Å². The zero-order valence-electron chi connectivity index (χ0n) is 12.9. The molecule has 6 heteroatoms. The van der Waals surface area contributed by atoms with Crippen LogP contribution in [0.3, 0.4) is 0 Å². The number of nitrogens with zero attached hydrogens (tertiary/aromatic N) is 1. The molecule has 0 radical (unpaired) electrons. The lowest BCUT2D eigenvalue weighted by Crippen LogP contribution is -2.44. The summed E-state index contributed by atoms with van der Waals surface area (Å²) < 4.78 is 5.18. The van der Waals surface area contributed by atoms with E-state index >= 15 is 0 Å². The first kappa shape index (κ1) is 17.7. The van der Waals surface area contributed by atoms with E-state index in [0.717, 1.165) is 5.06 Å². The molecule has 1 unspecified atom stereocenters. The smallest absolute Gasteiger partial charge is 0.407 e. The summed E-state index contributed by atoms with van der Waals surface area (Å²) in [5.74, 6) is -0.0843. The highest BCUT2D eigenvalue weighted by Gasteiger charge is 2.24. The molecular formula is C13H26N2O4. The van der Waals surface area contributed by atoms with Crippen LogP contribution in [0.15, 0.2) is 0 Å². The highest BCUT2D eigenvalue weighted by atomic mass is 16.7. The Hall–Kier alpha value is -1.30. The van der Waals surface area contributed by atoms with Crippen molar-refractivity contribution < 1.29 is 19.2 Å². The van der Waals surface area contributed by atoms with Crippen LogP contribution in [0.2, 0.25) is 0 Å². The molecule has 0 aromatic carbocycles. The predicted octanol–water partition coefficient (Wildman–Crippen LogP) is 1.95. The molecule has 0 aromatic rings. The van der Waals surface area contributed by atoms with Crippen molar-refractivity contribution in [1.29, 1.82) is 0 Å². The van der Waals surface area contributed by atoms with Crippen LogP contribution >= 0.6 is 0 Å². The van der Waals surface area contributed by atoms with Crippen molar-refractivity contribution >= 4 is 12.0 Å². The van der Waals surface area contributed by atoms with Crippen LogP contribution in [-0.4, -0.2) is 42.9 Å². The van der Waals surface area contributed by atoms with E-state index in [2.05, 4.69) is 5.32 Å². The maximum Gasteiger partial charge on any atom is 0.407 e. The lowest BCUT2D eigenvalue weighted by Gasteiger charge is -2.26. The van der Waals surface area contributed by atoms with Crippen molar-refractivity contribution in [2.45, 2.75) is 52.7 Å². The van der Waals surface area contributed by atoms with Gasteiger partial charge in [0, 0.05) is 19.5 Å². The summed E-state index contributed by atoms with van der Waals surface area (Å²) in [5.41, 5.74) is -0.557. The molecule has 0 heterocycles. The minimum Gasteiger partial charge on any atom is -0.444 e. The molecule has 0 rings (SSSR count). The standard InChI is InChI=1S/C13H26N2O4/c1-9(2)10(8-11(16)15(6)18-7)14-12(17)19-13(3,4)5/h9-10H,8H2,1-7H3,(H,14,17). The second-order valence-electron chi connectivity index (χ2n) is 5.77. The molecule has 0 aromatic heterocycles. The summed E-state index contributed by atoms with van der Waals surface area (Å²) in [6, 6.07) is -0.292. The van der Waals surface area contributed by atoms with Gasteiger partial charge in [-0.2, -0.15) is 0 Å². The van der Waals surface area contributed by atoms with Gasteiger partial charge in [0.15, 0.2) is 0 Å². The van der Waals surface area contributed by atoms with E-state index in [0.29, 0.717) is 0 Å². The average molecular weight is 274 g/mol. The zero-order valence-corrected chi connectivity index (χ0v) is 12.9. The molecule has 0 spiro atoms. The lowest BCUT2D eigenvalue weighted by molar-refractivity contribution is -0.169. The minimum atomic E-state index is -0.557. The van der Waals surface area contributed by atoms with E-state index in [1.165, 1.54) is 14.2 Å². The highest BCUT2D eigenvalue weighted by molar-refractivity contribution is 5.76. The second-order valence-corrected chi connectivity index (χ2v) is 5.77. The number of carbonyl (C=O) groups excluding carboxylic acids is 2. The Balaban J connectivity index is 4.51. The summed E-state index contributed by atoms with van der Waals surface area (Å²) in [5, 5.41) is 3.86. The summed E-state index contributed by atoms with van der Waals surface area (Å²) in [4.78, 5) is 28.3. The molecule has 0 fully saturated rings. The van der Waals surface area contributed by atoms with Gasteiger partial charge in [-0.05, 0) is 26.7 Å². The fourth-order valence-corrected chi connectivity index (χ4v) is 1.33. The third kappa shape index (κ3) is 7.66. The first-order valence-corrected chi connectivity index (χ1v) is 6.37. The van der Waals surface area contributed by atoms with Gasteiger partial charge in [-0.1, -0.05) is 13.8 Å². The van der Waals surface area contributed by atoms with Gasteiger partial charge < -0.3 is 10.1 Å². The molecule has 6 nitrogen and oxygen atoms in total. The Morgan fingerprint density at radius 3 is 2.16 bits per heavy atom. The highest BCUT2D eigenvalue weighted by Crippen LogP contribution is 2.11. The van der Waals surface area contributed by atoms with Gasteiger partial charge in [0.25, 0.3) is 0 Å². The van der Waals surface area contributed by atoms with Gasteiger partial charge in [0.2, 0.25) is 5.91 Å². The van der Waals surface area contributed by atoms with Crippen LogP contribution in [0.1, 0.15) is 41.0 Å². The van der Waals surface area contributed by atoms with Gasteiger partial charge in [-0.15, -0.1) is 0 Å². The van der Waals surface area contributed by atoms with Crippen LogP contribution in [0.4, 0.5) is 4.79 Å². The Morgan fingerprint density at radius 1 is 1.26 bits per heavy atom. The average Bonchev–Trinajstić information content (AvgIpc) is 2.24. The maximum absolute atomic E-state index is 11.8. The van der Waals surface area contributed by atoms with Crippen molar-refractivity contribution in [3.63, 3.8) is 0 Å². The number of amides is 2. The summed E-state index contributed by atoms with van der Waals surface area (Å²) in [6.07, 6.45) is -0.347. The fraction of sp³-hybridized carbons (Fsp3) is 0.846.